The summed E-state index contributed by atoms with van der Waals surface area (Å²) in [7, 11) is 3.23. The summed E-state index contributed by atoms with van der Waals surface area (Å²) in [5, 5.41) is 3.06. The van der Waals surface area contributed by atoms with E-state index in [1.54, 1.807) is 20.4 Å². The zero-order valence-corrected chi connectivity index (χ0v) is 18.5. The Balaban J connectivity index is 1.33. The van der Waals surface area contributed by atoms with E-state index in [0.29, 0.717) is 12.3 Å². The minimum Gasteiger partial charge on any atom is -0.497 e. The number of aromatic nitrogens is 2. The highest BCUT2D eigenvalue weighted by Crippen LogP contribution is 2.26. The van der Waals surface area contributed by atoms with Gasteiger partial charge in [0.05, 0.1) is 14.2 Å². The Hall–Kier alpha value is -3.61. The second-order valence-corrected chi connectivity index (χ2v) is 7.76. The summed E-state index contributed by atoms with van der Waals surface area (Å²) in [6.07, 6.45) is 3.37. The lowest BCUT2D eigenvalue weighted by Gasteiger charge is -2.32. The van der Waals surface area contributed by atoms with Crippen molar-refractivity contribution in [2.24, 2.45) is 5.92 Å². The van der Waals surface area contributed by atoms with Crippen molar-refractivity contribution in [1.29, 1.82) is 0 Å². The van der Waals surface area contributed by atoms with Gasteiger partial charge in [-0.15, -0.1) is 0 Å². The minimum atomic E-state index is -0.00840. The number of methoxy groups -OCH3 is 2. The van der Waals surface area contributed by atoms with Gasteiger partial charge in [0.15, 0.2) is 5.82 Å². The second-order valence-electron chi connectivity index (χ2n) is 7.76. The zero-order valence-electron chi connectivity index (χ0n) is 18.5. The van der Waals surface area contributed by atoms with Crippen molar-refractivity contribution >= 4 is 11.7 Å². The van der Waals surface area contributed by atoms with Gasteiger partial charge in [0.1, 0.15) is 17.3 Å². The van der Waals surface area contributed by atoms with Crippen LogP contribution in [0.3, 0.4) is 0 Å². The van der Waals surface area contributed by atoms with Crippen molar-refractivity contribution < 1.29 is 14.3 Å². The van der Waals surface area contributed by atoms with Gasteiger partial charge >= 0.3 is 0 Å². The van der Waals surface area contributed by atoms with E-state index in [9.17, 15) is 4.79 Å². The summed E-state index contributed by atoms with van der Waals surface area (Å²) < 4.78 is 10.7. The van der Waals surface area contributed by atoms with Crippen LogP contribution in [0.15, 0.2) is 60.8 Å². The Kier molecular flexibility index (Phi) is 6.84. The molecule has 32 heavy (non-hydrogen) atoms. The maximum absolute atomic E-state index is 12.8. The Morgan fingerprint density at radius 3 is 2.56 bits per heavy atom. The SMILES string of the molecule is COc1ccc(CNC(=O)C2CCN(c3ccnc(-c4ccccc4)n3)CC2)c(OC)c1. The molecule has 7 heteroatoms. The molecular formula is C25H28N4O3. The molecule has 1 aliphatic heterocycles. The van der Waals surface area contributed by atoms with Crippen LogP contribution in [0, 0.1) is 5.92 Å². The van der Waals surface area contributed by atoms with Crippen LogP contribution in [-0.4, -0.2) is 43.2 Å². The molecule has 0 radical (unpaired) electrons. The fraction of sp³-hybridized carbons (Fsp3) is 0.320. The molecule has 1 aliphatic rings. The molecule has 0 atom stereocenters. The van der Waals surface area contributed by atoms with Crippen LogP contribution >= 0.6 is 0 Å². The second kappa shape index (κ2) is 10.1. The van der Waals surface area contributed by atoms with Crippen molar-refractivity contribution in [3.63, 3.8) is 0 Å². The van der Waals surface area contributed by atoms with Crippen LogP contribution < -0.4 is 19.7 Å². The summed E-state index contributed by atoms with van der Waals surface area (Å²) in [5.41, 5.74) is 1.92. The summed E-state index contributed by atoms with van der Waals surface area (Å²) in [4.78, 5) is 24.1. The van der Waals surface area contributed by atoms with E-state index in [1.807, 2.05) is 54.6 Å². The topological polar surface area (TPSA) is 76.6 Å². The van der Waals surface area contributed by atoms with Crippen LogP contribution in [-0.2, 0) is 11.3 Å². The van der Waals surface area contributed by atoms with E-state index in [4.69, 9.17) is 14.5 Å². The van der Waals surface area contributed by atoms with E-state index in [-0.39, 0.29) is 11.8 Å². The first-order chi connectivity index (χ1) is 15.7. The molecule has 1 N–H and O–H groups in total. The maximum atomic E-state index is 12.8. The molecule has 166 valence electrons. The number of benzene rings is 2. The van der Waals surface area contributed by atoms with Crippen molar-refractivity contribution in [3.8, 4) is 22.9 Å². The van der Waals surface area contributed by atoms with Crippen molar-refractivity contribution in [2.75, 3.05) is 32.2 Å². The number of nitrogens with one attached hydrogen (secondary N) is 1. The molecular weight excluding hydrogens is 404 g/mol. The predicted octanol–water partition coefficient (Wildman–Crippen LogP) is 3.69. The number of amides is 1. The third-order valence-electron chi connectivity index (χ3n) is 5.81. The lowest BCUT2D eigenvalue weighted by atomic mass is 9.95. The quantitative estimate of drug-likeness (QED) is 0.614. The third-order valence-corrected chi connectivity index (χ3v) is 5.81. The number of piperidine rings is 1. The first kappa shape index (κ1) is 21.6. The van der Waals surface area contributed by atoms with Crippen LogP contribution in [0.5, 0.6) is 11.5 Å². The Labute approximate surface area is 188 Å². The lowest BCUT2D eigenvalue weighted by Crippen LogP contribution is -2.40. The van der Waals surface area contributed by atoms with Gasteiger partial charge < -0.3 is 19.7 Å². The Bertz CT molecular complexity index is 1050. The van der Waals surface area contributed by atoms with E-state index >= 15 is 0 Å². The van der Waals surface area contributed by atoms with Gasteiger partial charge in [0, 0.05) is 48.9 Å². The molecule has 1 fully saturated rings. The van der Waals surface area contributed by atoms with Crippen LogP contribution in [0.2, 0.25) is 0 Å². The average molecular weight is 433 g/mol. The van der Waals surface area contributed by atoms with Crippen LogP contribution in [0.1, 0.15) is 18.4 Å². The summed E-state index contributed by atoms with van der Waals surface area (Å²) in [6.45, 7) is 2.00. The molecule has 3 aromatic rings. The van der Waals surface area contributed by atoms with Crippen molar-refractivity contribution in [3.05, 3.63) is 66.4 Å². The highest BCUT2D eigenvalue weighted by Gasteiger charge is 2.26. The monoisotopic (exact) mass is 432 g/mol. The smallest absolute Gasteiger partial charge is 0.223 e. The Morgan fingerprint density at radius 2 is 1.84 bits per heavy atom. The molecule has 1 saturated heterocycles. The molecule has 4 rings (SSSR count). The van der Waals surface area contributed by atoms with Gasteiger partial charge in [0.2, 0.25) is 5.91 Å². The van der Waals surface area contributed by atoms with Gasteiger partial charge in [-0.1, -0.05) is 30.3 Å². The normalized spacial score (nSPS) is 14.1. The van der Waals surface area contributed by atoms with Gasteiger partial charge in [-0.05, 0) is 31.0 Å². The van der Waals surface area contributed by atoms with Crippen LogP contribution in [0.25, 0.3) is 11.4 Å². The average Bonchev–Trinajstić information content (AvgIpc) is 2.87. The molecule has 1 amide bonds. The number of carbonyl (C=O) groups excluding carboxylic acids is 1. The minimum absolute atomic E-state index is 0.00840. The number of anilines is 1. The summed E-state index contributed by atoms with van der Waals surface area (Å²) in [5.74, 6) is 3.13. The molecule has 0 aliphatic carbocycles. The first-order valence-electron chi connectivity index (χ1n) is 10.8. The fourth-order valence-corrected chi connectivity index (χ4v) is 3.95. The number of nitrogens with zero attached hydrogens (tertiary/aromatic N) is 3. The molecule has 2 heterocycles. The number of ether oxygens (including phenoxy) is 2. The highest BCUT2D eigenvalue weighted by atomic mass is 16.5. The maximum Gasteiger partial charge on any atom is 0.223 e. The number of carbonyl (C=O) groups is 1. The molecule has 7 nitrogen and oxygen atoms in total. The van der Waals surface area contributed by atoms with E-state index in [1.165, 1.54) is 0 Å². The van der Waals surface area contributed by atoms with Gasteiger partial charge in [-0.3, -0.25) is 4.79 Å². The van der Waals surface area contributed by atoms with Gasteiger partial charge in [-0.25, -0.2) is 9.97 Å². The summed E-state index contributed by atoms with van der Waals surface area (Å²) in [6, 6.07) is 17.5. The van der Waals surface area contributed by atoms with Crippen LogP contribution in [0.4, 0.5) is 5.82 Å². The van der Waals surface area contributed by atoms with Gasteiger partial charge in [-0.2, -0.15) is 0 Å². The summed E-state index contributed by atoms with van der Waals surface area (Å²) >= 11 is 0. The standard InChI is InChI=1S/C25H28N4O3/c1-31-21-9-8-20(22(16-21)32-2)17-27-25(30)19-11-14-29(15-12-19)23-10-13-26-24(28-23)18-6-4-3-5-7-18/h3-10,13,16,19H,11-12,14-15,17H2,1-2H3,(H,27,30). The molecule has 2 aromatic carbocycles. The van der Waals surface area contributed by atoms with E-state index < -0.39 is 0 Å². The lowest BCUT2D eigenvalue weighted by molar-refractivity contribution is -0.125. The number of hydrogen-bond donors (Lipinski definition) is 1. The molecule has 0 spiro atoms. The van der Waals surface area contributed by atoms with E-state index in [2.05, 4.69) is 15.2 Å². The Morgan fingerprint density at radius 1 is 1.06 bits per heavy atom. The first-order valence-corrected chi connectivity index (χ1v) is 10.8. The highest BCUT2D eigenvalue weighted by molar-refractivity contribution is 5.79. The molecule has 0 saturated carbocycles. The molecule has 1 aromatic heterocycles. The molecule has 0 unspecified atom stereocenters. The fourth-order valence-electron chi connectivity index (χ4n) is 3.95. The van der Waals surface area contributed by atoms with Crippen molar-refractivity contribution in [1.82, 2.24) is 15.3 Å². The van der Waals surface area contributed by atoms with Crippen molar-refractivity contribution in [2.45, 2.75) is 19.4 Å². The number of rotatable bonds is 7. The van der Waals surface area contributed by atoms with Gasteiger partial charge in [0.25, 0.3) is 0 Å². The largest absolute Gasteiger partial charge is 0.497 e. The molecule has 0 bridgehead atoms. The third kappa shape index (κ3) is 4.99. The number of hydrogen-bond acceptors (Lipinski definition) is 6. The van der Waals surface area contributed by atoms with E-state index in [0.717, 1.165) is 54.4 Å². The zero-order chi connectivity index (χ0) is 22.3. The predicted molar refractivity (Wildman–Crippen MR) is 124 cm³/mol.